The highest BCUT2D eigenvalue weighted by atomic mass is 15.9. The van der Waals surface area contributed by atoms with Crippen LogP contribution in [0.15, 0.2) is 24.2 Å². The first-order chi connectivity index (χ1) is 5.95. The van der Waals surface area contributed by atoms with E-state index in [0.29, 0.717) is 0 Å². The Bertz CT molecular complexity index is 258. The highest BCUT2D eigenvalue weighted by molar-refractivity contribution is 5.13. The number of rotatable bonds is 0. The van der Waals surface area contributed by atoms with Crippen LogP contribution in [-0.4, -0.2) is 41.3 Å². The maximum atomic E-state index is 3.36. The Morgan fingerprint density at radius 1 is 1.42 bits per heavy atom. The summed E-state index contributed by atoms with van der Waals surface area (Å²) in [5.74, 6) is 0. The second-order valence-corrected chi connectivity index (χ2v) is 3.25. The van der Waals surface area contributed by atoms with Crippen molar-refractivity contribution in [2.24, 2.45) is 0 Å². The van der Waals surface area contributed by atoms with E-state index < -0.39 is 0 Å². The maximum absolute atomic E-state index is 3.36. The van der Waals surface area contributed by atoms with Gasteiger partial charge in [0.05, 0.1) is 18.8 Å². The van der Waals surface area contributed by atoms with E-state index in [1.165, 1.54) is 5.70 Å². The molecule has 3 heterocycles. The van der Waals surface area contributed by atoms with E-state index in [9.17, 15) is 0 Å². The molecule has 0 aromatic rings. The summed E-state index contributed by atoms with van der Waals surface area (Å²) < 4.78 is 0. The van der Waals surface area contributed by atoms with Crippen molar-refractivity contribution < 1.29 is 0 Å². The highest BCUT2D eigenvalue weighted by Crippen LogP contribution is 2.25. The molecule has 0 unspecified atom stereocenters. The zero-order chi connectivity index (χ0) is 7.97. The van der Waals surface area contributed by atoms with E-state index >= 15 is 0 Å². The maximum Gasteiger partial charge on any atom is 0.0684 e. The summed E-state index contributed by atoms with van der Waals surface area (Å²) in [6, 6.07) is 0. The quantitative estimate of drug-likeness (QED) is 0.531. The minimum atomic E-state index is 1.00. The molecule has 1 saturated heterocycles. The minimum absolute atomic E-state index is 1.00. The molecule has 12 heavy (non-hydrogen) atoms. The molecule has 0 atom stereocenters. The second-order valence-electron chi connectivity index (χ2n) is 3.25. The third kappa shape index (κ3) is 0.701. The molecule has 0 aromatic heterocycles. The van der Waals surface area contributed by atoms with Crippen molar-refractivity contribution in [2.75, 3.05) is 26.2 Å². The predicted molar refractivity (Wildman–Crippen MR) is 45.3 cm³/mol. The first-order valence-corrected chi connectivity index (χ1v) is 4.36. The monoisotopic (exact) mass is 164 g/mol. The Kier molecular flexibility index (Phi) is 1.15. The van der Waals surface area contributed by atoms with Crippen LogP contribution < -0.4 is 5.32 Å². The molecule has 3 aliphatic heterocycles. The number of nitrogens with one attached hydrogen (secondary N) is 1. The molecule has 64 valence electrons. The van der Waals surface area contributed by atoms with E-state index in [0.717, 1.165) is 26.2 Å². The van der Waals surface area contributed by atoms with Crippen LogP contribution in [-0.2, 0) is 0 Å². The molecule has 0 aromatic carbocycles. The topological polar surface area (TPSA) is 21.8 Å². The summed E-state index contributed by atoms with van der Waals surface area (Å²) in [5.41, 5.74) is 1.38. The van der Waals surface area contributed by atoms with Gasteiger partial charge in [0.25, 0.3) is 0 Å². The van der Waals surface area contributed by atoms with Gasteiger partial charge >= 0.3 is 0 Å². The van der Waals surface area contributed by atoms with Crippen LogP contribution in [0.4, 0.5) is 0 Å². The molecule has 0 radical (unpaired) electrons. The van der Waals surface area contributed by atoms with E-state index in [2.05, 4.69) is 38.9 Å². The fourth-order valence-corrected chi connectivity index (χ4v) is 1.90. The predicted octanol–water partition coefficient (Wildman–Crippen LogP) is -0.292. The summed E-state index contributed by atoms with van der Waals surface area (Å²) in [5, 5.41) is 10.1. The van der Waals surface area contributed by atoms with Gasteiger partial charge in [0.2, 0.25) is 0 Å². The molecule has 0 spiro atoms. The van der Waals surface area contributed by atoms with Gasteiger partial charge in [-0.3, -0.25) is 10.0 Å². The van der Waals surface area contributed by atoms with Crippen LogP contribution in [0, 0.1) is 0 Å². The van der Waals surface area contributed by atoms with E-state index in [4.69, 9.17) is 0 Å². The normalized spacial score (nSPS) is 26.0. The van der Waals surface area contributed by atoms with Gasteiger partial charge in [-0.2, -0.15) is 0 Å². The fraction of sp³-hybridized carbons (Fsp3) is 0.500. The van der Waals surface area contributed by atoms with Crippen molar-refractivity contribution >= 4 is 0 Å². The smallest absolute Gasteiger partial charge is 0.0684 e. The van der Waals surface area contributed by atoms with Gasteiger partial charge in [0.15, 0.2) is 0 Å². The minimum Gasteiger partial charge on any atom is -0.309 e. The first kappa shape index (κ1) is 6.37. The number of hydrogen-bond donors (Lipinski definition) is 1. The molecular formula is C8H12N4. The van der Waals surface area contributed by atoms with Crippen LogP contribution in [0.3, 0.4) is 0 Å². The van der Waals surface area contributed by atoms with E-state index in [1.807, 2.05) is 0 Å². The molecule has 0 bridgehead atoms. The third-order valence-electron chi connectivity index (χ3n) is 2.48. The summed E-state index contributed by atoms with van der Waals surface area (Å²) in [4.78, 5) is 0. The van der Waals surface area contributed by atoms with Gasteiger partial charge in [-0.1, -0.05) is 0 Å². The molecule has 4 heteroatoms. The Hall–Kier alpha value is -1.16. The third-order valence-corrected chi connectivity index (χ3v) is 2.48. The molecule has 3 aliphatic rings. The van der Waals surface area contributed by atoms with Crippen LogP contribution in [0.1, 0.15) is 0 Å². The van der Waals surface area contributed by atoms with Crippen LogP contribution in [0.2, 0.25) is 0 Å². The SMILES string of the molecule is C1=CN2N(C=C3CNCCN32)C1. The molecule has 0 saturated carbocycles. The molecule has 0 amide bonds. The van der Waals surface area contributed by atoms with Crippen LogP contribution in [0.5, 0.6) is 0 Å². The average molecular weight is 164 g/mol. The van der Waals surface area contributed by atoms with E-state index in [1.54, 1.807) is 0 Å². The summed E-state index contributed by atoms with van der Waals surface area (Å²) in [7, 11) is 0. The van der Waals surface area contributed by atoms with Crippen molar-refractivity contribution in [1.29, 1.82) is 0 Å². The van der Waals surface area contributed by atoms with Crippen LogP contribution in [0.25, 0.3) is 0 Å². The lowest BCUT2D eigenvalue weighted by atomic mass is 10.3. The van der Waals surface area contributed by atoms with Crippen molar-refractivity contribution in [3.05, 3.63) is 24.2 Å². The van der Waals surface area contributed by atoms with Crippen molar-refractivity contribution in [2.45, 2.75) is 0 Å². The number of hydrazine groups is 2. The van der Waals surface area contributed by atoms with Gasteiger partial charge in [-0.15, -0.1) is 0 Å². The molecule has 3 rings (SSSR count). The van der Waals surface area contributed by atoms with Gasteiger partial charge in [-0.25, -0.2) is 5.12 Å². The molecular weight excluding hydrogens is 152 g/mol. The second kappa shape index (κ2) is 2.17. The molecule has 1 fully saturated rings. The molecule has 0 aliphatic carbocycles. The Labute approximate surface area is 71.7 Å². The lowest BCUT2D eigenvalue weighted by Gasteiger charge is -2.35. The van der Waals surface area contributed by atoms with E-state index in [-0.39, 0.29) is 0 Å². The number of fused-ring (bicyclic) bond motifs is 3. The lowest BCUT2D eigenvalue weighted by Crippen LogP contribution is -2.47. The summed E-state index contributed by atoms with van der Waals surface area (Å²) >= 11 is 0. The zero-order valence-electron chi connectivity index (χ0n) is 6.90. The number of piperazine rings is 1. The van der Waals surface area contributed by atoms with Gasteiger partial charge < -0.3 is 5.32 Å². The summed E-state index contributed by atoms with van der Waals surface area (Å²) in [6.45, 7) is 4.17. The molecule has 4 nitrogen and oxygen atoms in total. The first-order valence-electron chi connectivity index (χ1n) is 4.36. The standard InChI is InChI=1S/C8H12N4/c1-3-10-7-8-6-9-2-5-11(8)12(10)4-1/h1,4,7,9H,2-3,5-6H2. The average Bonchev–Trinajstić information content (AvgIpc) is 2.62. The Balaban J connectivity index is 1.90. The zero-order valence-corrected chi connectivity index (χ0v) is 6.90. The number of nitrogens with zero attached hydrogens (tertiary/aromatic N) is 3. The fourth-order valence-electron chi connectivity index (χ4n) is 1.90. The van der Waals surface area contributed by atoms with Gasteiger partial charge in [0.1, 0.15) is 0 Å². The largest absolute Gasteiger partial charge is 0.309 e. The van der Waals surface area contributed by atoms with Crippen molar-refractivity contribution in [3.63, 3.8) is 0 Å². The Morgan fingerprint density at radius 3 is 3.42 bits per heavy atom. The van der Waals surface area contributed by atoms with Gasteiger partial charge in [0, 0.05) is 25.5 Å². The van der Waals surface area contributed by atoms with Crippen molar-refractivity contribution in [1.82, 2.24) is 20.5 Å². The summed E-state index contributed by atoms with van der Waals surface area (Å²) in [6.07, 6.45) is 6.52. The molecule has 1 N–H and O–H groups in total. The van der Waals surface area contributed by atoms with Gasteiger partial charge in [-0.05, 0) is 6.08 Å². The number of hydrogen-bond acceptors (Lipinski definition) is 4. The highest BCUT2D eigenvalue weighted by Gasteiger charge is 2.30. The van der Waals surface area contributed by atoms with Crippen LogP contribution >= 0.6 is 0 Å². The lowest BCUT2D eigenvalue weighted by molar-refractivity contribution is -0.0527. The van der Waals surface area contributed by atoms with Crippen molar-refractivity contribution in [3.8, 4) is 0 Å². The Morgan fingerprint density at radius 2 is 2.42 bits per heavy atom.